The molecule has 1 heterocycles. The van der Waals surface area contributed by atoms with Crippen LogP contribution in [0.4, 0.5) is 5.00 Å². The van der Waals surface area contributed by atoms with E-state index in [9.17, 15) is 14.9 Å². The Kier molecular flexibility index (Phi) is 6.02. The van der Waals surface area contributed by atoms with Crippen molar-refractivity contribution in [2.24, 2.45) is 0 Å². The molecule has 130 valence electrons. The van der Waals surface area contributed by atoms with Crippen molar-refractivity contribution in [3.05, 3.63) is 44.8 Å². The van der Waals surface area contributed by atoms with E-state index in [0.717, 1.165) is 11.3 Å². The number of benzene rings is 1. The topological polar surface area (TPSA) is 88.4 Å². The van der Waals surface area contributed by atoms with Gasteiger partial charge in [0.05, 0.1) is 24.8 Å². The van der Waals surface area contributed by atoms with E-state index in [-0.39, 0.29) is 27.6 Å². The number of nitrogens with one attached hydrogen (secondary N) is 1. The Hall–Kier alpha value is -2.56. The van der Waals surface area contributed by atoms with Crippen LogP contribution in [0, 0.1) is 18.3 Å². The van der Waals surface area contributed by atoms with Gasteiger partial charge in [0.2, 0.25) is 0 Å². The number of esters is 1. The monoisotopic (exact) mass is 378 g/mol. The second-order valence-corrected chi connectivity index (χ2v) is 6.35. The number of hydrogen-bond donors (Lipinski definition) is 1. The molecule has 0 saturated carbocycles. The highest BCUT2D eigenvalue weighted by Gasteiger charge is 2.23. The molecule has 0 atom stereocenters. The summed E-state index contributed by atoms with van der Waals surface area (Å²) in [5.74, 6) is -0.672. The molecule has 0 aliphatic carbocycles. The van der Waals surface area contributed by atoms with Crippen LogP contribution in [0.2, 0.25) is 5.02 Å². The van der Waals surface area contributed by atoms with Crippen molar-refractivity contribution >= 4 is 39.8 Å². The van der Waals surface area contributed by atoms with Crippen LogP contribution in [-0.4, -0.2) is 25.6 Å². The number of nitriles is 1. The summed E-state index contributed by atoms with van der Waals surface area (Å²) in [6.07, 6.45) is 0. The number of nitrogens with zero attached hydrogens (tertiary/aromatic N) is 1. The van der Waals surface area contributed by atoms with E-state index in [1.165, 1.54) is 13.2 Å². The van der Waals surface area contributed by atoms with Crippen molar-refractivity contribution in [3.63, 3.8) is 0 Å². The molecule has 0 radical (unpaired) electrons. The lowest BCUT2D eigenvalue weighted by atomic mass is 10.1. The zero-order valence-corrected chi connectivity index (χ0v) is 15.4. The maximum atomic E-state index is 12.6. The number of carbonyl (C=O) groups is 2. The molecule has 2 aromatic rings. The van der Waals surface area contributed by atoms with Crippen LogP contribution in [0.1, 0.15) is 38.1 Å². The number of thiophene rings is 1. The molecule has 25 heavy (non-hydrogen) atoms. The largest absolute Gasteiger partial charge is 0.496 e. The predicted octanol–water partition coefficient (Wildman–Crippen LogP) is 4.02. The first-order valence-corrected chi connectivity index (χ1v) is 8.47. The fourth-order valence-electron chi connectivity index (χ4n) is 2.16. The summed E-state index contributed by atoms with van der Waals surface area (Å²) in [5.41, 5.74) is 0.921. The molecule has 1 aromatic carbocycles. The van der Waals surface area contributed by atoms with Crippen LogP contribution in [0.15, 0.2) is 18.2 Å². The number of amides is 1. The van der Waals surface area contributed by atoms with Gasteiger partial charge < -0.3 is 14.8 Å². The molecule has 0 unspecified atom stereocenters. The maximum absolute atomic E-state index is 12.6. The molecule has 0 aliphatic heterocycles. The summed E-state index contributed by atoms with van der Waals surface area (Å²) in [6, 6.07) is 6.65. The van der Waals surface area contributed by atoms with E-state index in [2.05, 4.69) is 5.32 Å². The molecular formula is C17H15ClN2O4S. The highest BCUT2D eigenvalue weighted by Crippen LogP contribution is 2.34. The standard InChI is InChI=1S/C17H15ClN2O4S/c1-4-24-17(22)14-9(2)12(8-19)16(25-14)20-15(21)11-7-10(18)5-6-13(11)23-3/h5-7H,4H2,1-3H3,(H,20,21). The molecule has 8 heteroatoms. The first kappa shape index (κ1) is 18.8. The van der Waals surface area contributed by atoms with Gasteiger partial charge in [0, 0.05) is 5.02 Å². The Morgan fingerprint density at radius 1 is 1.40 bits per heavy atom. The molecule has 0 aliphatic rings. The van der Waals surface area contributed by atoms with Crippen LogP contribution < -0.4 is 10.1 Å². The second kappa shape index (κ2) is 8.01. The number of hydrogen-bond acceptors (Lipinski definition) is 6. The van der Waals surface area contributed by atoms with Gasteiger partial charge in [-0.25, -0.2) is 4.79 Å². The molecule has 1 aromatic heterocycles. The van der Waals surface area contributed by atoms with E-state index >= 15 is 0 Å². The van der Waals surface area contributed by atoms with Gasteiger partial charge >= 0.3 is 5.97 Å². The Morgan fingerprint density at radius 2 is 2.12 bits per heavy atom. The zero-order valence-electron chi connectivity index (χ0n) is 13.8. The van der Waals surface area contributed by atoms with Crippen molar-refractivity contribution in [1.29, 1.82) is 5.26 Å². The number of carbonyl (C=O) groups excluding carboxylic acids is 2. The Bertz CT molecular complexity index is 870. The van der Waals surface area contributed by atoms with Gasteiger partial charge in [-0.3, -0.25) is 4.79 Å². The van der Waals surface area contributed by atoms with Crippen molar-refractivity contribution in [2.45, 2.75) is 13.8 Å². The lowest BCUT2D eigenvalue weighted by Crippen LogP contribution is -2.13. The fourth-order valence-corrected chi connectivity index (χ4v) is 3.37. The SMILES string of the molecule is CCOC(=O)c1sc(NC(=O)c2cc(Cl)ccc2OC)c(C#N)c1C. The highest BCUT2D eigenvalue weighted by atomic mass is 35.5. The van der Waals surface area contributed by atoms with Gasteiger partial charge in [-0.15, -0.1) is 11.3 Å². The summed E-state index contributed by atoms with van der Waals surface area (Å²) < 4.78 is 10.1. The van der Waals surface area contributed by atoms with Gasteiger partial charge in [0.25, 0.3) is 5.91 Å². The molecular weight excluding hydrogens is 364 g/mol. The number of rotatable bonds is 5. The molecule has 0 saturated heterocycles. The summed E-state index contributed by atoms with van der Waals surface area (Å²) in [6.45, 7) is 3.55. The Labute approximate surface area is 153 Å². The first-order chi connectivity index (χ1) is 11.9. The van der Waals surface area contributed by atoms with Crippen LogP contribution in [0.5, 0.6) is 5.75 Å². The number of anilines is 1. The van der Waals surface area contributed by atoms with Gasteiger partial charge in [0.15, 0.2) is 0 Å². The lowest BCUT2D eigenvalue weighted by molar-refractivity contribution is 0.0531. The van der Waals surface area contributed by atoms with Gasteiger partial charge in [-0.05, 0) is 37.6 Å². The molecule has 1 N–H and O–H groups in total. The van der Waals surface area contributed by atoms with Crippen LogP contribution >= 0.6 is 22.9 Å². The van der Waals surface area contributed by atoms with Crippen LogP contribution in [-0.2, 0) is 4.74 Å². The smallest absolute Gasteiger partial charge is 0.348 e. The molecule has 0 bridgehead atoms. The minimum absolute atomic E-state index is 0.222. The van der Waals surface area contributed by atoms with E-state index in [0.29, 0.717) is 16.3 Å². The predicted molar refractivity (Wildman–Crippen MR) is 95.7 cm³/mol. The van der Waals surface area contributed by atoms with E-state index in [4.69, 9.17) is 21.1 Å². The van der Waals surface area contributed by atoms with Crippen LogP contribution in [0.25, 0.3) is 0 Å². The number of ether oxygens (including phenoxy) is 2. The van der Waals surface area contributed by atoms with Crippen molar-refractivity contribution in [2.75, 3.05) is 19.0 Å². The fraction of sp³-hybridized carbons (Fsp3) is 0.235. The quantitative estimate of drug-likeness (QED) is 0.794. The zero-order chi connectivity index (χ0) is 18.6. The van der Waals surface area contributed by atoms with Crippen molar-refractivity contribution in [1.82, 2.24) is 0 Å². The van der Waals surface area contributed by atoms with Gasteiger partial charge in [-0.1, -0.05) is 11.6 Å². The molecule has 2 rings (SSSR count). The van der Waals surface area contributed by atoms with Crippen LogP contribution in [0.3, 0.4) is 0 Å². The third-order valence-corrected chi connectivity index (χ3v) is 4.78. The van der Waals surface area contributed by atoms with Crippen molar-refractivity contribution < 1.29 is 19.1 Å². The van der Waals surface area contributed by atoms with Crippen molar-refractivity contribution in [3.8, 4) is 11.8 Å². The normalized spacial score (nSPS) is 10.0. The minimum Gasteiger partial charge on any atom is -0.496 e. The molecule has 0 spiro atoms. The summed E-state index contributed by atoms with van der Waals surface area (Å²) in [7, 11) is 1.44. The third-order valence-electron chi connectivity index (χ3n) is 3.35. The average molecular weight is 379 g/mol. The van der Waals surface area contributed by atoms with Gasteiger partial charge in [0.1, 0.15) is 21.7 Å². The van der Waals surface area contributed by atoms with E-state index in [1.807, 2.05) is 6.07 Å². The third kappa shape index (κ3) is 3.92. The number of halogens is 1. The minimum atomic E-state index is -0.526. The molecule has 0 fully saturated rings. The highest BCUT2D eigenvalue weighted by molar-refractivity contribution is 7.18. The molecule has 6 nitrogen and oxygen atoms in total. The Balaban J connectivity index is 2.39. The maximum Gasteiger partial charge on any atom is 0.348 e. The van der Waals surface area contributed by atoms with E-state index < -0.39 is 11.9 Å². The first-order valence-electron chi connectivity index (χ1n) is 7.28. The molecule has 1 amide bonds. The van der Waals surface area contributed by atoms with E-state index in [1.54, 1.807) is 26.0 Å². The average Bonchev–Trinajstić information content (AvgIpc) is 2.90. The summed E-state index contributed by atoms with van der Waals surface area (Å²) in [5, 5.41) is 12.7. The van der Waals surface area contributed by atoms with Gasteiger partial charge in [-0.2, -0.15) is 5.26 Å². The summed E-state index contributed by atoms with van der Waals surface area (Å²) in [4.78, 5) is 24.8. The second-order valence-electron chi connectivity index (χ2n) is 4.89. The lowest BCUT2D eigenvalue weighted by Gasteiger charge is -2.09. The Morgan fingerprint density at radius 3 is 2.72 bits per heavy atom. The summed E-state index contributed by atoms with van der Waals surface area (Å²) >= 11 is 6.94. The number of methoxy groups -OCH3 is 1.